The number of carboxylic acid groups (broad SMARTS) is 1. The average molecular weight is 355 g/mol. The number of carboxylic acids is 1. The molecule has 1 heterocycles. The summed E-state index contributed by atoms with van der Waals surface area (Å²) >= 11 is 0. The van der Waals surface area contributed by atoms with E-state index in [4.69, 9.17) is 9.84 Å². The molecule has 1 aliphatic heterocycles. The first kappa shape index (κ1) is 16.7. The van der Waals surface area contributed by atoms with Crippen molar-refractivity contribution in [1.82, 2.24) is 5.32 Å². The third kappa shape index (κ3) is 2.66. The molecule has 3 aliphatic rings. The number of hydrogen-bond donors (Lipinski definition) is 3. The minimum Gasteiger partial charge on any atom is -0.490 e. The van der Waals surface area contributed by atoms with E-state index in [0.717, 1.165) is 37.7 Å². The van der Waals surface area contributed by atoms with Crippen molar-refractivity contribution < 1.29 is 19.4 Å². The van der Waals surface area contributed by atoms with Gasteiger partial charge in [0, 0.05) is 5.56 Å². The summed E-state index contributed by atoms with van der Waals surface area (Å²) in [6, 6.07) is 5.30. The van der Waals surface area contributed by atoms with Crippen molar-refractivity contribution >= 4 is 17.7 Å². The topological polar surface area (TPSA) is 111 Å². The van der Waals surface area contributed by atoms with Gasteiger partial charge in [0.15, 0.2) is 0 Å². The molecule has 1 aromatic carbocycles. The predicted octanol–water partition coefficient (Wildman–Crippen LogP) is 3.09. The fraction of sp³-hybridized carbons (Fsp3) is 0.526. The number of hydrogen-bond acceptors (Lipinski definition) is 4. The predicted molar refractivity (Wildman–Crippen MR) is 92.9 cm³/mol. The second-order valence-electron chi connectivity index (χ2n) is 7.44. The minimum atomic E-state index is -0.788. The molecule has 7 nitrogen and oxygen atoms in total. The van der Waals surface area contributed by atoms with E-state index in [1.807, 2.05) is 0 Å². The summed E-state index contributed by atoms with van der Waals surface area (Å²) in [7, 11) is 0. The molecule has 0 atom stereocenters. The molecule has 7 heteroatoms. The Balaban J connectivity index is 1.72. The lowest BCUT2D eigenvalue weighted by Crippen LogP contribution is -2.53. The Bertz CT molecular complexity index is 802. The standard InChI is InChI=1S/C19H21N3O4/c20-10-11-4-5-14(26-13-8-12(9-13)17(23)24)15-16(11)21-18(25)22-19(15)6-2-1-3-7-19/h4-5,12-13H,1-3,6-9H2,(H,23,24)(H2,21,22,25)/t12-,13-. The fourth-order valence-electron chi connectivity index (χ4n) is 4.38. The molecule has 2 saturated carbocycles. The average Bonchev–Trinajstić information content (AvgIpc) is 2.57. The third-order valence-electron chi connectivity index (χ3n) is 5.80. The molecule has 2 fully saturated rings. The number of amides is 2. The second-order valence-corrected chi connectivity index (χ2v) is 7.44. The van der Waals surface area contributed by atoms with E-state index in [0.29, 0.717) is 29.8 Å². The Morgan fingerprint density at radius 2 is 2.00 bits per heavy atom. The van der Waals surface area contributed by atoms with Crippen LogP contribution in [0.5, 0.6) is 5.75 Å². The van der Waals surface area contributed by atoms with Crippen molar-refractivity contribution in [2.75, 3.05) is 5.32 Å². The maximum Gasteiger partial charge on any atom is 0.319 e. The number of carbonyl (C=O) groups is 2. The fourth-order valence-corrected chi connectivity index (χ4v) is 4.38. The molecule has 26 heavy (non-hydrogen) atoms. The summed E-state index contributed by atoms with van der Waals surface area (Å²) in [6.07, 6.45) is 5.56. The Labute approximate surface area is 151 Å². The highest BCUT2D eigenvalue weighted by molar-refractivity contribution is 5.96. The van der Waals surface area contributed by atoms with Gasteiger partial charge in [-0.25, -0.2) is 4.79 Å². The largest absolute Gasteiger partial charge is 0.490 e. The van der Waals surface area contributed by atoms with Crippen molar-refractivity contribution in [3.05, 3.63) is 23.3 Å². The maximum absolute atomic E-state index is 12.2. The Morgan fingerprint density at radius 1 is 1.27 bits per heavy atom. The monoisotopic (exact) mass is 355 g/mol. The zero-order chi connectivity index (χ0) is 18.3. The highest BCUT2D eigenvalue weighted by Crippen LogP contribution is 2.49. The van der Waals surface area contributed by atoms with Gasteiger partial charge in [-0.3, -0.25) is 4.79 Å². The number of benzene rings is 1. The van der Waals surface area contributed by atoms with E-state index in [1.54, 1.807) is 12.1 Å². The molecule has 0 radical (unpaired) electrons. The van der Waals surface area contributed by atoms with Crippen LogP contribution in [0.25, 0.3) is 0 Å². The summed E-state index contributed by atoms with van der Waals surface area (Å²) in [4.78, 5) is 23.3. The van der Waals surface area contributed by atoms with Crippen LogP contribution in [0, 0.1) is 17.2 Å². The highest BCUT2D eigenvalue weighted by atomic mass is 16.5. The summed E-state index contributed by atoms with van der Waals surface area (Å²) in [5.41, 5.74) is 1.28. The second kappa shape index (κ2) is 6.20. The van der Waals surface area contributed by atoms with Crippen LogP contribution in [0.1, 0.15) is 56.1 Å². The number of aliphatic carboxylic acids is 1. The summed E-state index contributed by atoms with van der Waals surface area (Å²) < 4.78 is 6.13. The minimum absolute atomic E-state index is 0.147. The van der Waals surface area contributed by atoms with Crippen molar-refractivity contribution in [3.63, 3.8) is 0 Å². The summed E-state index contributed by atoms with van der Waals surface area (Å²) in [6.45, 7) is 0. The van der Waals surface area contributed by atoms with E-state index in [9.17, 15) is 14.9 Å². The molecule has 4 rings (SSSR count). The molecule has 136 valence electrons. The lowest BCUT2D eigenvalue weighted by Gasteiger charge is -2.44. The zero-order valence-electron chi connectivity index (χ0n) is 14.4. The number of anilines is 1. The van der Waals surface area contributed by atoms with Crippen LogP contribution in [0.4, 0.5) is 10.5 Å². The first-order chi connectivity index (χ1) is 12.5. The third-order valence-corrected chi connectivity index (χ3v) is 5.80. The SMILES string of the molecule is N#Cc1ccc(O[C@H]2C[C@H](C(=O)O)C2)c2c1NC(=O)NC21CCCCC1. The Morgan fingerprint density at radius 3 is 2.65 bits per heavy atom. The molecule has 1 aromatic rings. The lowest BCUT2D eigenvalue weighted by molar-refractivity contribution is -0.148. The van der Waals surface area contributed by atoms with Gasteiger partial charge in [0.05, 0.1) is 22.7 Å². The van der Waals surface area contributed by atoms with Gasteiger partial charge in [0.2, 0.25) is 0 Å². The van der Waals surface area contributed by atoms with E-state index in [1.165, 1.54) is 0 Å². The number of rotatable bonds is 3. The van der Waals surface area contributed by atoms with Gasteiger partial charge in [0.1, 0.15) is 17.9 Å². The van der Waals surface area contributed by atoms with Gasteiger partial charge >= 0.3 is 12.0 Å². The number of ether oxygens (including phenoxy) is 1. The van der Waals surface area contributed by atoms with Gasteiger partial charge in [0.25, 0.3) is 0 Å². The molecule has 0 unspecified atom stereocenters. The zero-order valence-corrected chi connectivity index (χ0v) is 14.4. The van der Waals surface area contributed by atoms with Gasteiger partial charge in [-0.2, -0.15) is 5.26 Å². The van der Waals surface area contributed by atoms with E-state index < -0.39 is 11.5 Å². The molecule has 2 aliphatic carbocycles. The molecule has 3 N–H and O–H groups in total. The van der Waals surface area contributed by atoms with Gasteiger partial charge in [-0.1, -0.05) is 19.3 Å². The van der Waals surface area contributed by atoms with Crippen LogP contribution in [0.2, 0.25) is 0 Å². The van der Waals surface area contributed by atoms with Crippen LogP contribution in [0.15, 0.2) is 12.1 Å². The van der Waals surface area contributed by atoms with Crippen LogP contribution in [-0.2, 0) is 10.3 Å². The first-order valence-electron chi connectivity index (χ1n) is 9.08. The highest BCUT2D eigenvalue weighted by Gasteiger charge is 2.45. The van der Waals surface area contributed by atoms with Crippen molar-refractivity contribution in [3.8, 4) is 11.8 Å². The van der Waals surface area contributed by atoms with Crippen LogP contribution < -0.4 is 15.4 Å². The lowest BCUT2D eigenvalue weighted by atomic mass is 9.74. The number of nitriles is 1. The number of nitrogens with zero attached hydrogens (tertiary/aromatic N) is 1. The molecular formula is C19H21N3O4. The van der Waals surface area contributed by atoms with Gasteiger partial charge < -0.3 is 20.5 Å². The molecule has 0 aromatic heterocycles. The molecular weight excluding hydrogens is 334 g/mol. The summed E-state index contributed by atoms with van der Waals surface area (Å²) in [5, 5.41) is 24.4. The number of urea groups is 1. The van der Waals surface area contributed by atoms with Crippen molar-refractivity contribution in [2.24, 2.45) is 5.92 Å². The number of carbonyl (C=O) groups excluding carboxylic acids is 1. The Hall–Kier alpha value is -2.75. The van der Waals surface area contributed by atoms with Crippen LogP contribution in [-0.4, -0.2) is 23.2 Å². The normalized spacial score (nSPS) is 25.9. The molecule has 0 saturated heterocycles. The number of nitrogens with one attached hydrogen (secondary N) is 2. The Kier molecular flexibility index (Phi) is 3.98. The first-order valence-corrected chi connectivity index (χ1v) is 9.08. The molecule has 0 bridgehead atoms. The maximum atomic E-state index is 12.2. The van der Waals surface area contributed by atoms with Gasteiger partial charge in [-0.05, 0) is 37.8 Å². The number of fused-ring (bicyclic) bond motifs is 2. The van der Waals surface area contributed by atoms with Crippen LogP contribution >= 0.6 is 0 Å². The van der Waals surface area contributed by atoms with Crippen molar-refractivity contribution in [1.29, 1.82) is 5.26 Å². The smallest absolute Gasteiger partial charge is 0.319 e. The quantitative estimate of drug-likeness (QED) is 0.771. The van der Waals surface area contributed by atoms with Crippen LogP contribution in [0.3, 0.4) is 0 Å². The molecule has 2 amide bonds. The van der Waals surface area contributed by atoms with E-state index >= 15 is 0 Å². The van der Waals surface area contributed by atoms with Gasteiger partial charge in [-0.15, -0.1) is 0 Å². The summed E-state index contributed by atoms with van der Waals surface area (Å²) in [5.74, 6) is -0.498. The van der Waals surface area contributed by atoms with E-state index in [2.05, 4.69) is 16.7 Å². The molecule has 1 spiro atoms. The van der Waals surface area contributed by atoms with E-state index in [-0.39, 0.29) is 18.1 Å². The van der Waals surface area contributed by atoms with Crippen molar-refractivity contribution in [2.45, 2.75) is 56.6 Å².